The molecule has 1 aromatic heterocycles. The number of para-hydroxylation sites is 1. The molecule has 146 valence electrons. The van der Waals surface area contributed by atoms with E-state index in [1.807, 2.05) is 0 Å². The molecule has 0 unspecified atom stereocenters. The van der Waals surface area contributed by atoms with Crippen molar-refractivity contribution >= 4 is 23.4 Å². The third-order valence-corrected chi connectivity index (χ3v) is 4.69. The minimum Gasteiger partial charge on any atom is -0.348 e. The number of pyridine rings is 1. The number of anilines is 1. The molecule has 3 amide bonds. The molecule has 1 aromatic carbocycles. The standard InChI is InChI=1S/C20H21FN4O3/c21-16-5-1-2-6-17(16)24-19(27)18(26)23-12-14-7-10-25(11-8-14)20(28)15-4-3-9-22-13-15/h1-6,9,13-14H,7-8,10-12H2,(H,23,26)(H,24,27). The number of halogens is 1. The Morgan fingerprint density at radius 2 is 1.82 bits per heavy atom. The molecule has 0 radical (unpaired) electrons. The first-order valence-electron chi connectivity index (χ1n) is 9.07. The van der Waals surface area contributed by atoms with E-state index in [1.54, 1.807) is 35.5 Å². The van der Waals surface area contributed by atoms with Crippen molar-refractivity contribution in [1.82, 2.24) is 15.2 Å². The van der Waals surface area contributed by atoms with Crippen LogP contribution >= 0.6 is 0 Å². The molecule has 0 spiro atoms. The average Bonchev–Trinajstić information content (AvgIpc) is 2.74. The van der Waals surface area contributed by atoms with Gasteiger partial charge in [-0.15, -0.1) is 0 Å². The van der Waals surface area contributed by atoms with Gasteiger partial charge in [-0.2, -0.15) is 0 Å². The fraction of sp³-hybridized carbons (Fsp3) is 0.300. The molecule has 2 heterocycles. The maximum Gasteiger partial charge on any atom is 0.313 e. The molecule has 7 nitrogen and oxygen atoms in total. The van der Waals surface area contributed by atoms with E-state index in [2.05, 4.69) is 15.6 Å². The van der Waals surface area contributed by atoms with E-state index in [0.717, 1.165) is 12.8 Å². The molecular formula is C20H21FN4O3. The lowest BCUT2D eigenvalue weighted by atomic mass is 9.96. The molecule has 28 heavy (non-hydrogen) atoms. The lowest BCUT2D eigenvalue weighted by Gasteiger charge is -2.32. The van der Waals surface area contributed by atoms with Crippen LogP contribution in [0.4, 0.5) is 10.1 Å². The first-order chi connectivity index (χ1) is 13.5. The lowest BCUT2D eigenvalue weighted by Crippen LogP contribution is -2.43. The van der Waals surface area contributed by atoms with Gasteiger partial charge in [0.05, 0.1) is 11.3 Å². The zero-order valence-corrected chi connectivity index (χ0v) is 15.2. The smallest absolute Gasteiger partial charge is 0.313 e. The highest BCUT2D eigenvalue weighted by molar-refractivity contribution is 6.39. The molecule has 1 fully saturated rings. The molecule has 1 saturated heterocycles. The first-order valence-corrected chi connectivity index (χ1v) is 9.07. The van der Waals surface area contributed by atoms with Crippen molar-refractivity contribution < 1.29 is 18.8 Å². The van der Waals surface area contributed by atoms with Gasteiger partial charge in [-0.25, -0.2) is 4.39 Å². The van der Waals surface area contributed by atoms with E-state index in [4.69, 9.17) is 0 Å². The Balaban J connectivity index is 1.42. The van der Waals surface area contributed by atoms with Crippen LogP contribution in [0.25, 0.3) is 0 Å². The van der Waals surface area contributed by atoms with Crippen LogP contribution in [0, 0.1) is 11.7 Å². The summed E-state index contributed by atoms with van der Waals surface area (Å²) in [4.78, 5) is 41.9. The molecule has 1 aliphatic rings. The topological polar surface area (TPSA) is 91.4 Å². The number of carbonyl (C=O) groups excluding carboxylic acids is 3. The van der Waals surface area contributed by atoms with Gasteiger partial charge in [0.1, 0.15) is 5.82 Å². The molecule has 3 rings (SSSR count). The summed E-state index contributed by atoms with van der Waals surface area (Å²) in [5.74, 6) is -2.20. The van der Waals surface area contributed by atoms with Gasteiger partial charge in [-0.1, -0.05) is 12.1 Å². The Kier molecular flexibility index (Phi) is 6.31. The van der Waals surface area contributed by atoms with Gasteiger partial charge in [-0.05, 0) is 43.0 Å². The third-order valence-electron chi connectivity index (χ3n) is 4.69. The largest absolute Gasteiger partial charge is 0.348 e. The normalized spacial score (nSPS) is 14.4. The van der Waals surface area contributed by atoms with Crippen molar-refractivity contribution in [2.45, 2.75) is 12.8 Å². The second-order valence-corrected chi connectivity index (χ2v) is 6.62. The molecule has 8 heteroatoms. The monoisotopic (exact) mass is 384 g/mol. The van der Waals surface area contributed by atoms with Crippen LogP contribution in [-0.4, -0.2) is 47.2 Å². The molecule has 1 aliphatic heterocycles. The molecule has 2 aromatic rings. The summed E-state index contributed by atoms with van der Waals surface area (Å²) in [5.41, 5.74) is 0.518. The first kappa shape index (κ1) is 19.5. The maximum atomic E-state index is 13.5. The fourth-order valence-corrected chi connectivity index (χ4v) is 3.07. The van der Waals surface area contributed by atoms with Crippen LogP contribution in [0.3, 0.4) is 0 Å². The number of nitrogens with one attached hydrogen (secondary N) is 2. The minimum atomic E-state index is -0.908. The molecule has 0 bridgehead atoms. The zero-order chi connectivity index (χ0) is 19.9. The number of likely N-dealkylation sites (tertiary alicyclic amines) is 1. The summed E-state index contributed by atoms with van der Waals surface area (Å²) in [7, 11) is 0. The summed E-state index contributed by atoms with van der Waals surface area (Å²) < 4.78 is 13.5. The Bertz CT molecular complexity index is 852. The SMILES string of the molecule is O=C(NCC1CCN(C(=O)c2cccnc2)CC1)C(=O)Nc1ccccc1F. The van der Waals surface area contributed by atoms with Gasteiger partial charge < -0.3 is 15.5 Å². The third kappa shape index (κ3) is 4.91. The van der Waals surface area contributed by atoms with Crippen molar-refractivity contribution in [3.8, 4) is 0 Å². The number of aromatic nitrogens is 1. The van der Waals surface area contributed by atoms with E-state index in [1.165, 1.54) is 18.2 Å². The predicted octanol–water partition coefficient (Wildman–Crippen LogP) is 1.83. The minimum absolute atomic E-state index is 0.0372. The summed E-state index contributed by atoms with van der Waals surface area (Å²) in [6.45, 7) is 1.49. The highest BCUT2D eigenvalue weighted by Crippen LogP contribution is 2.18. The zero-order valence-electron chi connectivity index (χ0n) is 15.2. The number of piperidine rings is 1. The second kappa shape index (κ2) is 9.07. The number of hydrogen-bond acceptors (Lipinski definition) is 4. The number of nitrogens with zero attached hydrogens (tertiary/aromatic N) is 2. The van der Waals surface area contributed by atoms with E-state index < -0.39 is 17.6 Å². The highest BCUT2D eigenvalue weighted by atomic mass is 19.1. The van der Waals surface area contributed by atoms with E-state index in [0.29, 0.717) is 25.2 Å². The number of rotatable bonds is 4. The van der Waals surface area contributed by atoms with Gasteiger partial charge in [0, 0.05) is 32.0 Å². The Morgan fingerprint density at radius 3 is 2.50 bits per heavy atom. The summed E-state index contributed by atoms with van der Waals surface area (Å²) in [6.07, 6.45) is 4.61. The Morgan fingerprint density at radius 1 is 1.07 bits per heavy atom. The van der Waals surface area contributed by atoms with Crippen LogP contribution in [-0.2, 0) is 9.59 Å². The number of hydrogen-bond donors (Lipinski definition) is 2. The predicted molar refractivity (Wildman–Crippen MR) is 101 cm³/mol. The van der Waals surface area contributed by atoms with Crippen molar-refractivity contribution in [3.05, 3.63) is 60.2 Å². The molecule has 0 atom stereocenters. The molecule has 0 saturated carbocycles. The van der Waals surface area contributed by atoms with E-state index in [9.17, 15) is 18.8 Å². The Labute approximate surface area is 161 Å². The van der Waals surface area contributed by atoms with Crippen LogP contribution < -0.4 is 10.6 Å². The fourth-order valence-electron chi connectivity index (χ4n) is 3.07. The van der Waals surface area contributed by atoms with Crippen molar-refractivity contribution in [2.75, 3.05) is 25.0 Å². The number of amides is 3. The Hall–Kier alpha value is -3.29. The van der Waals surface area contributed by atoms with E-state index >= 15 is 0 Å². The second-order valence-electron chi connectivity index (χ2n) is 6.62. The van der Waals surface area contributed by atoms with Gasteiger partial charge in [0.25, 0.3) is 5.91 Å². The summed E-state index contributed by atoms with van der Waals surface area (Å²) in [5, 5.41) is 4.83. The number of benzene rings is 1. The molecular weight excluding hydrogens is 363 g/mol. The van der Waals surface area contributed by atoms with E-state index in [-0.39, 0.29) is 17.5 Å². The van der Waals surface area contributed by atoms with Gasteiger partial charge in [0.15, 0.2) is 0 Å². The van der Waals surface area contributed by atoms with Crippen LogP contribution in [0.5, 0.6) is 0 Å². The van der Waals surface area contributed by atoms with Gasteiger partial charge in [-0.3, -0.25) is 19.4 Å². The molecule has 0 aliphatic carbocycles. The van der Waals surface area contributed by atoms with Crippen LogP contribution in [0.1, 0.15) is 23.2 Å². The van der Waals surface area contributed by atoms with Crippen molar-refractivity contribution in [1.29, 1.82) is 0 Å². The quantitative estimate of drug-likeness (QED) is 0.787. The average molecular weight is 384 g/mol. The van der Waals surface area contributed by atoms with Crippen LogP contribution in [0.2, 0.25) is 0 Å². The van der Waals surface area contributed by atoms with Gasteiger partial charge in [0.2, 0.25) is 0 Å². The lowest BCUT2D eigenvalue weighted by molar-refractivity contribution is -0.136. The maximum absolute atomic E-state index is 13.5. The van der Waals surface area contributed by atoms with Gasteiger partial charge >= 0.3 is 11.8 Å². The molecule has 2 N–H and O–H groups in total. The number of carbonyl (C=O) groups is 3. The van der Waals surface area contributed by atoms with Crippen LogP contribution in [0.15, 0.2) is 48.8 Å². The van der Waals surface area contributed by atoms with Crippen molar-refractivity contribution in [2.24, 2.45) is 5.92 Å². The van der Waals surface area contributed by atoms with Crippen molar-refractivity contribution in [3.63, 3.8) is 0 Å². The summed E-state index contributed by atoms with van der Waals surface area (Å²) >= 11 is 0. The highest BCUT2D eigenvalue weighted by Gasteiger charge is 2.25. The summed E-state index contributed by atoms with van der Waals surface area (Å²) in [6, 6.07) is 9.11.